The van der Waals surface area contributed by atoms with Crippen LogP contribution in [0.4, 0.5) is 0 Å². The Bertz CT molecular complexity index is 511. The highest BCUT2D eigenvalue weighted by atomic mass is 16.5. The minimum Gasteiger partial charge on any atom is -0.484 e. The fourth-order valence-electron chi connectivity index (χ4n) is 3.30. The summed E-state index contributed by atoms with van der Waals surface area (Å²) in [5.41, 5.74) is 0. The minimum absolute atomic E-state index is 0.0365. The number of fused-ring (bicyclic) bond motifs is 1. The molecule has 6 heteroatoms. The summed E-state index contributed by atoms with van der Waals surface area (Å²) in [6.45, 7) is 2.54. The van der Waals surface area contributed by atoms with E-state index in [9.17, 15) is 4.79 Å². The molecule has 1 aromatic rings. The summed E-state index contributed by atoms with van der Waals surface area (Å²) >= 11 is 0. The van der Waals surface area contributed by atoms with Crippen molar-refractivity contribution in [3.63, 3.8) is 0 Å². The highest BCUT2D eigenvalue weighted by Crippen LogP contribution is 2.24. The van der Waals surface area contributed by atoms with Crippen LogP contribution in [0.3, 0.4) is 0 Å². The lowest BCUT2D eigenvalue weighted by atomic mass is 10.1. The van der Waals surface area contributed by atoms with Gasteiger partial charge in [-0.1, -0.05) is 18.2 Å². The number of aliphatic hydroxyl groups is 1. The van der Waals surface area contributed by atoms with Crippen LogP contribution in [0.1, 0.15) is 12.8 Å². The van der Waals surface area contributed by atoms with Gasteiger partial charge < -0.3 is 19.9 Å². The summed E-state index contributed by atoms with van der Waals surface area (Å²) in [4.78, 5) is 14.4. The molecule has 126 valence electrons. The second-order valence-corrected chi connectivity index (χ2v) is 6.18. The van der Waals surface area contributed by atoms with E-state index in [1.807, 2.05) is 30.3 Å². The number of amides is 1. The van der Waals surface area contributed by atoms with Crippen molar-refractivity contribution in [2.45, 2.75) is 31.0 Å². The van der Waals surface area contributed by atoms with Gasteiger partial charge in [0.1, 0.15) is 5.75 Å². The molecule has 0 radical (unpaired) electrons. The van der Waals surface area contributed by atoms with E-state index in [4.69, 9.17) is 14.6 Å². The van der Waals surface area contributed by atoms with Crippen molar-refractivity contribution in [2.75, 3.05) is 32.9 Å². The van der Waals surface area contributed by atoms with Crippen LogP contribution in [0.15, 0.2) is 30.3 Å². The number of nitrogens with one attached hydrogen (secondary N) is 1. The van der Waals surface area contributed by atoms with Crippen LogP contribution in [-0.4, -0.2) is 67.0 Å². The van der Waals surface area contributed by atoms with Gasteiger partial charge >= 0.3 is 0 Å². The lowest BCUT2D eigenvalue weighted by Crippen LogP contribution is -2.46. The maximum Gasteiger partial charge on any atom is 0.258 e. The maximum absolute atomic E-state index is 12.0. The summed E-state index contributed by atoms with van der Waals surface area (Å²) in [5.74, 6) is 0.610. The van der Waals surface area contributed by atoms with Gasteiger partial charge in [-0.15, -0.1) is 0 Å². The van der Waals surface area contributed by atoms with Gasteiger partial charge in [-0.2, -0.15) is 0 Å². The van der Waals surface area contributed by atoms with Crippen molar-refractivity contribution < 1.29 is 19.4 Å². The lowest BCUT2D eigenvalue weighted by molar-refractivity contribution is -0.123. The molecule has 2 N–H and O–H groups in total. The van der Waals surface area contributed by atoms with E-state index in [1.54, 1.807) is 0 Å². The number of para-hydroxylation sites is 1. The molecular weight excluding hydrogens is 296 g/mol. The number of nitrogens with zero attached hydrogens (tertiary/aromatic N) is 1. The molecule has 2 aliphatic rings. The number of hydrogen-bond donors (Lipinski definition) is 2. The van der Waals surface area contributed by atoms with Crippen LogP contribution in [0.25, 0.3) is 0 Å². The van der Waals surface area contributed by atoms with E-state index in [2.05, 4.69) is 10.2 Å². The molecule has 0 spiro atoms. The highest BCUT2D eigenvalue weighted by molar-refractivity contribution is 5.77. The Morgan fingerprint density at radius 1 is 1.35 bits per heavy atom. The molecule has 23 heavy (non-hydrogen) atoms. The van der Waals surface area contributed by atoms with Crippen LogP contribution < -0.4 is 10.1 Å². The van der Waals surface area contributed by atoms with Gasteiger partial charge in [-0.3, -0.25) is 9.69 Å². The van der Waals surface area contributed by atoms with Gasteiger partial charge in [0.25, 0.3) is 5.91 Å². The second kappa shape index (κ2) is 7.77. The Labute approximate surface area is 136 Å². The molecule has 0 saturated carbocycles. The van der Waals surface area contributed by atoms with Crippen LogP contribution in [0.2, 0.25) is 0 Å². The maximum atomic E-state index is 12.0. The number of benzene rings is 1. The molecule has 0 bridgehead atoms. The van der Waals surface area contributed by atoms with Crippen LogP contribution in [0, 0.1) is 0 Å². The summed E-state index contributed by atoms with van der Waals surface area (Å²) in [6.07, 6.45) is 1.68. The normalized spacial score (nSPS) is 27.4. The topological polar surface area (TPSA) is 71.0 Å². The van der Waals surface area contributed by atoms with Crippen LogP contribution in [0.5, 0.6) is 5.75 Å². The van der Waals surface area contributed by atoms with E-state index in [0.717, 1.165) is 19.5 Å². The first-order valence-corrected chi connectivity index (χ1v) is 8.18. The zero-order valence-electron chi connectivity index (χ0n) is 13.2. The molecule has 2 fully saturated rings. The molecule has 0 unspecified atom stereocenters. The standard InChI is InChI=1S/C17H24N2O4/c20-7-6-16-10-19-9-13(8-14(19)11-22-16)18-17(21)12-23-15-4-2-1-3-5-15/h1-5,13-14,16,20H,6-12H2,(H,18,21)/t13-,14+,16+/m1/s1. The summed E-state index contributed by atoms with van der Waals surface area (Å²) in [5, 5.41) is 12.1. The average molecular weight is 320 g/mol. The number of hydrogen-bond acceptors (Lipinski definition) is 5. The number of aliphatic hydroxyl groups excluding tert-OH is 1. The molecule has 0 aromatic heterocycles. The van der Waals surface area contributed by atoms with Crippen molar-refractivity contribution in [1.82, 2.24) is 10.2 Å². The van der Waals surface area contributed by atoms with Gasteiger partial charge in [0.15, 0.2) is 6.61 Å². The fourth-order valence-corrected chi connectivity index (χ4v) is 3.30. The zero-order valence-corrected chi connectivity index (χ0v) is 13.2. The molecule has 1 amide bonds. The van der Waals surface area contributed by atoms with E-state index in [-0.39, 0.29) is 31.3 Å². The number of carbonyl (C=O) groups is 1. The SMILES string of the molecule is O=C(COc1ccccc1)N[C@@H]1C[C@H]2CO[C@@H](CCO)CN2C1. The van der Waals surface area contributed by atoms with Crippen molar-refractivity contribution in [3.8, 4) is 5.75 Å². The number of morpholine rings is 1. The molecule has 6 nitrogen and oxygen atoms in total. The first-order chi connectivity index (χ1) is 11.2. The average Bonchev–Trinajstić information content (AvgIpc) is 2.95. The predicted octanol–water partition coefficient (Wildman–Crippen LogP) is 0.406. The van der Waals surface area contributed by atoms with Gasteiger partial charge in [-0.25, -0.2) is 0 Å². The Morgan fingerprint density at radius 2 is 2.17 bits per heavy atom. The first kappa shape index (κ1) is 16.2. The zero-order chi connectivity index (χ0) is 16.1. The summed E-state index contributed by atoms with van der Waals surface area (Å²) in [6, 6.07) is 9.85. The Hall–Kier alpha value is -1.63. The molecule has 0 aliphatic carbocycles. The quantitative estimate of drug-likeness (QED) is 0.794. The van der Waals surface area contributed by atoms with Crippen LogP contribution >= 0.6 is 0 Å². The number of ether oxygens (including phenoxy) is 2. The van der Waals surface area contributed by atoms with Gasteiger partial charge in [0.05, 0.1) is 12.7 Å². The van der Waals surface area contributed by atoms with Crippen molar-refractivity contribution in [3.05, 3.63) is 30.3 Å². The number of carbonyl (C=O) groups excluding carboxylic acids is 1. The predicted molar refractivity (Wildman–Crippen MR) is 85.3 cm³/mol. The fraction of sp³-hybridized carbons (Fsp3) is 0.588. The van der Waals surface area contributed by atoms with E-state index in [1.165, 1.54) is 0 Å². The molecule has 3 rings (SSSR count). The van der Waals surface area contributed by atoms with E-state index >= 15 is 0 Å². The third-order valence-corrected chi connectivity index (χ3v) is 4.42. The largest absolute Gasteiger partial charge is 0.484 e. The van der Waals surface area contributed by atoms with Gasteiger partial charge in [0.2, 0.25) is 0 Å². The lowest BCUT2D eigenvalue weighted by Gasteiger charge is -2.34. The number of rotatable bonds is 6. The van der Waals surface area contributed by atoms with Crippen molar-refractivity contribution >= 4 is 5.91 Å². The molecule has 2 heterocycles. The smallest absolute Gasteiger partial charge is 0.258 e. The van der Waals surface area contributed by atoms with Crippen LogP contribution in [-0.2, 0) is 9.53 Å². The minimum atomic E-state index is -0.0912. The first-order valence-electron chi connectivity index (χ1n) is 8.18. The third-order valence-electron chi connectivity index (χ3n) is 4.42. The molecule has 1 aromatic carbocycles. The molecular formula is C17H24N2O4. The van der Waals surface area contributed by atoms with Gasteiger partial charge in [-0.05, 0) is 25.0 Å². The molecule has 2 aliphatic heterocycles. The Balaban J connectivity index is 1.42. The molecule has 2 saturated heterocycles. The third kappa shape index (κ3) is 4.43. The summed E-state index contributed by atoms with van der Waals surface area (Å²) in [7, 11) is 0. The second-order valence-electron chi connectivity index (χ2n) is 6.18. The summed E-state index contributed by atoms with van der Waals surface area (Å²) < 4.78 is 11.2. The van der Waals surface area contributed by atoms with Crippen molar-refractivity contribution in [2.24, 2.45) is 0 Å². The van der Waals surface area contributed by atoms with E-state index < -0.39 is 0 Å². The Morgan fingerprint density at radius 3 is 2.96 bits per heavy atom. The highest BCUT2D eigenvalue weighted by Gasteiger charge is 2.37. The van der Waals surface area contributed by atoms with E-state index in [0.29, 0.717) is 24.8 Å². The monoisotopic (exact) mass is 320 g/mol. The van der Waals surface area contributed by atoms with Gasteiger partial charge in [0, 0.05) is 31.8 Å². The Kier molecular flexibility index (Phi) is 5.48. The van der Waals surface area contributed by atoms with Crippen molar-refractivity contribution in [1.29, 1.82) is 0 Å². The molecule has 3 atom stereocenters.